The van der Waals surface area contributed by atoms with Crippen molar-refractivity contribution in [3.8, 4) is 23.0 Å². The first kappa shape index (κ1) is 15.0. The number of rotatable bonds is 5. The third kappa shape index (κ3) is 3.02. The van der Waals surface area contributed by atoms with E-state index in [-0.39, 0.29) is 0 Å². The van der Waals surface area contributed by atoms with Crippen LogP contribution in [0.15, 0.2) is 36.4 Å². The Hall–Kier alpha value is -1.39. The van der Waals surface area contributed by atoms with Crippen LogP contribution >= 0.6 is 27.5 Å². The molecule has 106 valence electrons. The summed E-state index contributed by atoms with van der Waals surface area (Å²) < 4.78 is 16.6. The van der Waals surface area contributed by atoms with Crippen LogP contribution < -0.4 is 14.2 Å². The topological polar surface area (TPSA) is 27.7 Å². The van der Waals surface area contributed by atoms with E-state index in [0.717, 1.165) is 5.56 Å². The van der Waals surface area contributed by atoms with Crippen molar-refractivity contribution in [2.24, 2.45) is 0 Å². The molecule has 0 radical (unpaired) electrons. The molecule has 0 aromatic heterocycles. The molecule has 0 aliphatic carbocycles. The van der Waals surface area contributed by atoms with Crippen LogP contribution in [0.1, 0.15) is 5.56 Å². The Kier molecular flexibility index (Phi) is 5.15. The van der Waals surface area contributed by atoms with Gasteiger partial charge < -0.3 is 14.2 Å². The van der Waals surface area contributed by atoms with Crippen LogP contribution in [0, 0.1) is 0 Å². The molecule has 0 unspecified atom stereocenters. The molecule has 5 heteroatoms. The quantitative estimate of drug-likeness (QED) is 0.701. The summed E-state index contributed by atoms with van der Waals surface area (Å²) in [5.74, 6) is 2.27. The molecule has 0 saturated heterocycles. The first-order chi connectivity index (χ1) is 9.71. The van der Waals surface area contributed by atoms with Crippen LogP contribution in [0.5, 0.6) is 23.0 Å². The lowest BCUT2D eigenvalue weighted by Gasteiger charge is -2.16. The Morgan fingerprint density at radius 2 is 1.55 bits per heavy atom. The average molecular weight is 358 g/mol. The highest BCUT2D eigenvalue weighted by molar-refractivity contribution is 9.08. The first-order valence-corrected chi connectivity index (χ1v) is 7.43. The van der Waals surface area contributed by atoms with Crippen LogP contribution in [0.2, 0.25) is 5.02 Å². The molecule has 3 nitrogen and oxygen atoms in total. The zero-order valence-electron chi connectivity index (χ0n) is 11.2. The van der Waals surface area contributed by atoms with Crippen LogP contribution in [0.25, 0.3) is 0 Å². The van der Waals surface area contributed by atoms with Gasteiger partial charge >= 0.3 is 0 Å². The summed E-state index contributed by atoms with van der Waals surface area (Å²) in [6.45, 7) is 0. The highest BCUT2D eigenvalue weighted by Gasteiger charge is 2.16. The van der Waals surface area contributed by atoms with E-state index in [9.17, 15) is 0 Å². The minimum atomic E-state index is 0.507. The average Bonchev–Trinajstić information content (AvgIpc) is 2.49. The number of benzene rings is 2. The number of halogens is 2. The summed E-state index contributed by atoms with van der Waals surface area (Å²) in [7, 11) is 3.17. The maximum atomic E-state index is 6.22. The standard InChI is InChI=1S/C15H14BrClO3/c1-18-12-7-4-8-13(19-2)15(12)20-14-10(9-16)5-3-6-11(14)17/h3-8H,9H2,1-2H3. The molecule has 0 N–H and O–H groups in total. The summed E-state index contributed by atoms with van der Waals surface area (Å²) in [6.07, 6.45) is 0. The molecule has 2 rings (SSSR count). The minimum absolute atomic E-state index is 0.507. The Bertz CT molecular complexity index is 579. The third-order valence-electron chi connectivity index (χ3n) is 2.78. The smallest absolute Gasteiger partial charge is 0.211 e. The predicted octanol–water partition coefficient (Wildman–Crippen LogP) is 5.04. The molecule has 0 aliphatic rings. The van der Waals surface area contributed by atoms with Crippen molar-refractivity contribution in [3.63, 3.8) is 0 Å². The Labute approximate surface area is 131 Å². The van der Waals surface area contributed by atoms with Gasteiger partial charge in [-0.25, -0.2) is 0 Å². The molecule has 2 aromatic rings. The van der Waals surface area contributed by atoms with E-state index in [2.05, 4.69) is 15.9 Å². The number of alkyl halides is 1. The summed E-state index contributed by atoms with van der Waals surface area (Å²) in [6, 6.07) is 11.1. The predicted molar refractivity (Wildman–Crippen MR) is 83.7 cm³/mol. The fraction of sp³-hybridized carbons (Fsp3) is 0.200. The van der Waals surface area contributed by atoms with Gasteiger partial charge in [0.25, 0.3) is 0 Å². The number of hydrogen-bond donors (Lipinski definition) is 0. The van der Waals surface area contributed by atoms with Gasteiger partial charge in [0.2, 0.25) is 5.75 Å². The molecule has 0 heterocycles. The molecular formula is C15H14BrClO3. The van der Waals surface area contributed by atoms with E-state index < -0.39 is 0 Å². The fourth-order valence-corrected chi connectivity index (χ4v) is 2.47. The minimum Gasteiger partial charge on any atom is -0.493 e. The van der Waals surface area contributed by atoms with Crippen molar-refractivity contribution < 1.29 is 14.2 Å². The first-order valence-electron chi connectivity index (χ1n) is 5.93. The van der Waals surface area contributed by atoms with Crippen LogP contribution in [0.3, 0.4) is 0 Å². The highest BCUT2D eigenvalue weighted by atomic mass is 79.9. The van der Waals surface area contributed by atoms with Gasteiger partial charge in [-0.3, -0.25) is 0 Å². The second-order valence-electron chi connectivity index (χ2n) is 3.96. The molecule has 0 aliphatic heterocycles. The van der Waals surface area contributed by atoms with Crippen molar-refractivity contribution in [1.82, 2.24) is 0 Å². The Morgan fingerprint density at radius 3 is 2.10 bits per heavy atom. The summed E-state index contributed by atoms with van der Waals surface area (Å²) in [5.41, 5.74) is 0.949. The van der Waals surface area contributed by atoms with Crippen LogP contribution in [-0.2, 0) is 5.33 Å². The maximum absolute atomic E-state index is 6.22. The number of ether oxygens (including phenoxy) is 3. The van der Waals surface area contributed by atoms with Crippen LogP contribution in [-0.4, -0.2) is 14.2 Å². The Morgan fingerprint density at radius 1 is 0.950 bits per heavy atom. The lowest BCUT2D eigenvalue weighted by Crippen LogP contribution is -1.96. The summed E-state index contributed by atoms with van der Waals surface area (Å²) in [4.78, 5) is 0. The zero-order valence-corrected chi connectivity index (χ0v) is 13.5. The SMILES string of the molecule is COc1cccc(OC)c1Oc1c(Cl)cccc1CBr. The molecule has 20 heavy (non-hydrogen) atoms. The summed E-state index contributed by atoms with van der Waals surface area (Å²) >= 11 is 9.65. The van der Waals surface area contributed by atoms with Crippen molar-refractivity contribution in [2.45, 2.75) is 5.33 Å². The van der Waals surface area contributed by atoms with Gasteiger partial charge in [-0.15, -0.1) is 0 Å². The normalized spacial score (nSPS) is 10.2. The van der Waals surface area contributed by atoms with E-state index in [4.69, 9.17) is 25.8 Å². The van der Waals surface area contributed by atoms with Gasteiger partial charge in [0.15, 0.2) is 11.5 Å². The van der Waals surface area contributed by atoms with Crippen molar-refractivity contribution >= 4 is 27.5 Å². The van der Waals surface area contributed by atoms with Crippen molar-refractivity contribution in [1.29, 1.82) is 0 Å². The van der Waals surface area contributed by atoms with Gasteiger partial charge in [0, 0.05) is 10.9 Å². The van der Waals surface area contributed by atoms with Gasteiger partial charge in [-0.1, -0.05) is 45.7 Å². The lowest BCUT2D eigenvalue weighted by molar-refractivity contribution is 0.345. The summed E-state index contributed by atoms with van der Waals surface area (Å²) in [5, 5.41) is 1.18. The molecule has 2 aromatic carbocycles. The van der Waals surface area contributed by atoms with E-state index >= 15 is 0 Å². The zero-order chi connectivity index (χ0) is 14.5. The number of hydrogen-bond acceptors (Lipinski definition) is 3. The van der Waals surface area contributed by atoms with Crippen molar-refractivity contribution in [3.05, 3.63) is 47.0 Å². The Balaban J connectivity index is 2.49. The van der Waals surface area contributed by atoms with Gasteiger partial charge in [0.1, 0.15) is 5.75 Å². The van der Waals surface area contributed by atoms with Gasteiger partial charge in [-0.2, -0.15) is 0 Å². The fourth-order valence-electron chi connectivity index (χ4n) is 1.79. The number of para-hydroxylation sites is 2. The van der Waals surface area contributed by atoms with Gasteiger partial charge in [-0.05, 0) is 18.2 Å². The van der Waals surface area contributed by atoms with Gasteiger partial charge in [0.05, 0.1) is 19.2 Å². The molecule has 0 atom stereocenters. The molecule has 0 spiro atoms. The van der Waals surface area contributed by atoms with E-state index in [1.54, 1.807) is 20.3 Å². The molecule has 0 bridgehead atoms. The maximum Gasteiger partial charge on any atom is 0.211 e. The molecule has 0 fully saturated rings. The van der Waals surface area contributed by atoms with E-state index in [1.807, 2.05) is 30.3 Å². The largest absolute Gasteiger partial charge is 0.493 e. The third-order valence-corrected chi connectivity index (χ3v) is 3.68. The second-order valence-corrected chi connectivity index (χ2v) is 4.92. The highest BCUT2D eigenvalue weighted by Crippen LogP contribution is 2.43. The number of methoxy groups -OCH3 is 2. The lowest BCUT2D eigenvalue weighted by atomic mass is 10.2. The molecule has 0 amide bonds. The van der Waals surface area contributed by atoms with Crippen molar-refractivity contribution in [2.75, 3.05) is 14.2 Å². The van der Waals surface area contributed by atoms with E-state index in [0.29, 0.717) is 33.4 Å². The molecular weight excluding hydrogens is 344 g/mol. The van der Waals surface area contributed by atoms with Crippen LogP contribution in [0.4, 0.5) is 0 Å². The molecule has 0 saturated carbocycles. The van der Waals surface area contributed by atoms with E-state index in [1.165, 1.54) is 0 Å². The second kappa shape index (κ2) is 6.86. The monoisotopic (exact) mass is 356 g/mol.